The number of rotatable bonds is 3. The number of hydrogen-bond donors (Lipinski definition) is 2. The average Bonchev–Trinajstić information content (AvgIpc) is 3.15. The van der Waals surface area contributed by atoms with Crippen LogP contribution >= 0.6 is 0 Å². The Morgan fingerprint density at radius 1 is 1.12 bits per heavy atom. The largest absolute Gasteiger partial charge is 0.454 e. The normalized spacial score (nSPS) is 12.6. The number of aryl methyl sites for hydroxylation is 2. The molecular weight excluding hydrogens is 304 g/mol. The fraction of sp³-hybridized carbons (Fsp3) is 0.211. The van der Waals surface area contributed by atoms with Gasteiger partial charge in [0.25, 0.3) is 5.91 Å². The molecule has 1 aliphatic heterocycles. The minimum atomic E-state index is -0.0815. The maximum absolute atomic E-state index is 12.7. The van der Waals surface area contributed by atoms with Crippen LogP contribution in [-0.4, -0.2) is 17.7 Å². The minimum absolute atomic E-state index is 0.0815. The predicted octanol–water partition coefficient (Wildman–Crippen LogP) is 3.44. The molecule has 0 radical (unpaired) electrons. The molecule has 2 heterocycles. The molecule has 0 spiro atoms. The van der Waals surface area contributed by atoms with Gasteiger partial charge in [0.05, 0.1) is 5.56 Å². The summed E-state index contributed by atoms with van der Waals surface area (Å²) < 4.78 is 10.7. The minimum Gasteiger partial charge on any atom is -0.454 e. The maximum Gasteiger partial charge on any atom is 0.253 e. The number of H-pyrrole nitrogens is 1. The highest BCUT2D eigenvalue weighted by atomic mass is 16.7. The zero-order chi connectivity index (χ0) is 16.7. The van der Waals surface area contributed by atoms with E-state index in [-0.39, 0.29) is 12.7 Å². The molecule has 5 nitrogen and oxygen atoms in total. The summed E-state index contributed by atoms with van der Waals surface area (Å²) in [6, 6.07) is 11.8. The van der Waals surface area contributed by atoms with Crippen molar-refractivity contribution >= 4 is 16.8 Å². The summed E-state index contributed by atoms with van der Waals surface area (Å²) in [4.78, 5) is 15.9. The number of carbonyl (C=O) groups excluding carboxylic acids is 1. The lowest BCUT2D eigenvalue weighted by atomic mass is 10.1. The van der Waals surface area contributed by atoms with E-state index in [0.717, 1.165) is 39.2 Å². The van der Waals surface area contributed by atoms with E-state index < -0.39 is 0 Å². The summed E-state index contributed by atoms with van der Waals surface area (Å²) in [7, 11) is 0. The lowest BCUT2D eigenvalue weighted by Gasteiger charge is -2.07. The van der Waals surface area contributed by atoms with Crippen molar-refractivity contribution in [2.45, 2.75) is 20.4 Å². The first-order valence-corrected chi connectivity index (χ1v) is 7.87. The van der Waals surface area contributed by atoms with Crippen LogP contribution in [-0.2, 0) is 6.54 Å². The van der Waals surface area contributed by atoms with Gasteiger partial charge < -0.3 is 19.8 Å². The van der Waals surface area contributed by atoms with E-state index in [2.05, 4.69) is 10.3 Å². The lowest BCUT2D eigenvalue weighted by molar-refractivity contribution is 0.0952. The van der Waals surface area contributed by atoms with Crippen molar-refractivity contribution in [1.29, 1.82) is 0 Å². The fourth-order valence-corrected chi connectivity index (χ4v) is 3.05. The average molecular weight is 322 g/mol. The Hall–Kier alpha value is -2.95. The van der Waals surface area contributed by atoms with Gasteiger partial charge in [0.2, 0.25) is 6.79 Å². The third kappa shape index (κ3) is 2.48. The number of amides is 1. The number of benzene rings is 2. The summed E-state index contributed by atoms with van der Waals surface area (Å²) in [5.41, 5.74) is 4.66. The van der Waals surface area contributed by atoms with Gasteiger partial charge in [-0.15, -0.1) is 0 Å². The van der Waals surface area contributed by atoms with Crippen molar-refractivity contribution in [3.63, 3.8) is 0 Å². The summed E-state index contributed by atoms with van der Waals surface area (Å²) in [5.74, 6) is 1.38. The zero-order valence-corrected chi connectivity index (χ0v) is 13.6. The second-order valence-electron chi connectivity index (χ2n) is 6.04. The number of aromatic nitrogens is 1. The molecule has 0 saturated carbocycles. The Morgan fingerprint density at radius 2 is 1.96 bits per heavy atom. The second kappa shape index (κ2) is 5.60. The van der Waals surface area contributed by atoms with Crippen LogP contribution in [0.1, 0.15) is 27.2 Å². The van der Waals surface area contributed by atoms with E-state index in [4.69, 9.17) is 9.47 Å². The van der Waals surface area contributed by atoms with Crippen LogP contribution in [0.5, 0.6) is 11.5 Å². The Morgan fingerprint density at radius 3 is 2.83 bits per heavy atom. The molecule has 1 amide bonds. The van der Waals surface area contributed by atoms with E-state index in [9.17, 15) is 4.79 Å². The molecule has 2 N–H and O–H groups in total. The first kappa shape index (κ1) is 14.6. The van der Waals surface area contributed by atoms with Crippen molar-refractivity contribution in [1.82, 2.24) is 10.3 Å². The van der Waals surface area contributed by atoms with Gasteiger partial charge >= 0.3 is 0 Å². The highest BCUT2D eigenvalue weighted by Gasteiger charge is 2.17. The van der Waals surface area contributed by atoms with E-state index >= 15 is 0 Å². The van der Waals surface area contributed by atoms with Gasteiger partial charge in [0.1, 0.15) is 0 Å². The van der Waals surface area contributed by atoms with E-state index in [1.165, 1.54) is 0 Å². The molecule has 0 bridgehead atoms. The van der Waals surface area contributed by atoms with Crippen molar-refractivity contribution in [2.75, 3.05) is 6.79 Å². The zero-order valence-electron chi connectivity index (χ0n) is 13.6. The topological polar surface area (TPSA) is 63.4 Å². The van der Waals surface area contributed by atoms with Crippen LogP contribution in [0.15, 0.2) is 36.4 Å². The first-order valence-electron chi connectivity index (χ1n) is 7.87. The molecule has 5 heteroatoms. The molecule has 24 heavy (non-hydrogen) atoms. The number of aromatic amines is 1. The molecule has 1 aliphatic rings. The highest BCUT2D eigenvalue weighted by Crippen LogP contribution is 2.32. The summed E-state index contributed by atoms with van der Waals surface area (Å²) >= 11 is 0. The highest BCUT2D eigenvalue weighted by molar-refractivity contribution is 6.08. The van der Waals surface area contributed by atoms with Gasteiger partial charge in [0.15, 0.2) is 11.5 Å². The summed E-state index contributed by atoms with van der Waals surface area (Å²) in [6.07, 6.45) is 0. The monoisotopic (exact) mass is 322 g/mol. The Bertz CT molecular complexity index is 943. The van der Waals surface area contributed by atoms with Gasteiger partial charge in [-0.05, 0) is 43.7 Å². The van der Waals surface area contributed by atoms with E-state index in [1.807, 2.05) is 50.2 Å². The smallest absolute Gasteiger partial charge is 0.253 e. The van der Waals surface area contributed by atoms with Crippen LogP contribution in [0.2, 0.25) is 0 Å². The van der Waals surface area contributed by atoms with Crippen molar-refractivity contribution in [2.24, 2.45) is 0 Å². The number of carbonyl (C=O) groups is 1. The van der Waals surface area contributed by atoms with Crippen molar-refractivity contribution in [3.05, 3.63) is 58.8 Å². The lowest BCUT2D eigenvalue weighted by Crippen LogP contribution is -2.23. The van der Waals surface area contributed by atoms with Gasteiger partial charge in [-0.3, -0.25) is 4.79 Å². The number of fused-ring (bicyclic) bond motifs is 2. The number of nitrogens with one attached hydrogen (secondary N) is 2. The second-order valence-corrected chi connectivity index (χ2v) is 6.04. The first-order chi connectivity index (χ1) is 11.6. The van der Waals surface area contributed by atoms with Crippen LogP contribution in [0.25, 0.3) is 10.9 Å². The molecule has 0 atom stereocenters. The van der Waals surface area contributed by atoms with Crippen molar-refractivity contribution < 1.29 is 14.3 Å². The van der Waals surface area contributed by atoms with Crippen molar-refractivity contribution in [3.8, 4) is 11.5 Å². The molecule has 4 rings (SSSR count). The molecule has 2 aromatic carbocycles. The molecule has 0 saturated heterocycles. The summed E-state index contributed by atoms with van der Waals surface area (Å²) in [6.45, 7) is 4.63. The molecule has 0 aliphatic carbocycles. The molecule has 1 aromatic heterocycles. The Balaban J connectivity index is 1.56. The van der Waals surface area contributed by atoms with Crippen LogP contribution < -0.4 is 14.8 Å². The SMILES string of the molecule is Cc1ccc2[nH]c(C)c(C(=O)NCc3ccc4c(c3)OCO4)c2c1. The molecule has 3 aromatic rings. The molecule has 0 unspecified atom stereocenters. The molecule has 122 valence electrons. The van der Waals surface area contributed by atoms with Gasteiger partial charge in [-0.1, -0.05) is 17.7 Å². The molecule has 0 fully saturated rings. The Kier molecular flexibility index (Phi) is 3.41. The van der Waals surface area contributed by atoms with Crippen LogP contribution in [0, 0.1) is 13.8 Å². The van der Waals surface area contributed by atoms with Gasteiger partial charge in [-0.2, -0.15) is 0 Å². The van der Waals surface area contributed by atoms with Crippen LogP contribution in [0.3, 0.4) is 0 Å². The Labute approximate surface area is 139 Å². The maximum atomic E-state index is 12.7. The van der Waals surface area contributed by atoms with E-state index in [1.54, 1.807) is 0 Å². The number of hydrogen-bond acceptors (Lipinski definition) is 3. The third-order valence-electron chi connectivity index (χ3n) is 4.26. The quantitative estimate of drug-likeness (QED) is 0.776. The van der Waals surface area contributed by atoms with E-state index in [0.29, 0.717) is 12.1 Å². The number of ether oxygens (including phenoxy) is 2. The summed E-state index contributed by atoms with van der Waals surface area (Å²) in [5, 5.41) is 3.94. The fourth-order valence-electron chi connectivity index (χ4n) is 3.05. The predicted molar refractivity (Wildman–Crippen MR) is 91.5 cm³/mol. The van der Waals surface area contributed by atoms with Crippen LogP contribution in [0.4, 0.5) is 0 Å². The van der Waals surface area contributed by atoms with Gasteiger partial charge in [0, 0.05) is 23.1 Å². The molecular formula is C19H18N2O3. The standard InChI is InChI=1S/C19H18N2O3/c1-11-3-5-15-14(7-11)18(12(2)21-15)19(22)20-9-13-4-6-16-17(8-13)24-10-23-16/h3-8,21H,9-10H2,1-2H3,(H,20,22). The third-order valence-corrected chi connectivity index (χ3v) is 4.26. The van der Waals surface area contributed by atoms with Gasteiger partial charge in [-0.25, -0.2) is 0 Å².